The molecule has 0 spiro atoms. The van der Waals surface area contributed by atoms with E-state index in [1.807, 2.05) is 17.0 Å². The maximum atomic E-state index is 13.8. The summed E-state index contributed by atoms with van der Waals surface area (Å²) in [5.41, 5.74) is 2.99. The van der Waals surface area contributed by atoms with Crippen LogP contribution in [0.1, 0.15) is 53.2 Å². The predicted octanol–water partition coefficient (Wildman–Crippen LogP) is 5.81. The lowest BCUT2D eigenvalue weighted by Gasteiger charge is -2.42. The molecule has 5 rings (SSSR count). The summed E-state index contributed by atoms with van der Waals surface area (Å²) in [5, 5.41) is 3.26. The van der Waals surface area contributed by atoms with Gasteiger partial charge in [0.25, 0.3) is 0 Å². The molecule has 1 saturated carbocycles. The maximum absolute atomic E-state index is 13.8. The monoisotopic (exact) mass is 573 g/mol. The highest BCUT2D eigenvalue weighted by Gasteiger charge is 2.39. The maximum Gasteiger partial charge on any atom is 0.340 e. The number of nitrogens with zero attached hydrogens (tertiary/aromatic N) is 2. The lowest BCUT2D eigenvalue weighted by Crippen LogP contribution is -2.53. The molecule has 0 unspecified atom stereocenters. The van der Waals surface area contributed by atoms with Gasteiger partial charge in [-0.1, -0.05) is 85.1 Å². The predicted molar refractivity (Wildman–Crippen MR) is 160 cm³/mol. The first kappa shape index (κ1) is 28.8. The summed E-state index contributed by atoms with van der Waals surface area (Å²) in [7, 11) is 1.28. The number of hydrogen-bond acceptors (Lipinski definition) is 5. The molecule has 2 amide bonds. The number of halogens is 1. The van der Waals surface area contributed by atoms with Gasteiger partial charge < -0.3 is 15.0 Å². The Kier molecular flexibility index (Phi) is 9.37. The second-order valence-electron chi connectivity index (χ2n) is 10.8. The first-order valence-electron chi connectivity index (χ1n) is 14.3. The zero-order valence-electron chi connectivity index (χ0n) is 23.3. The Morgan fingerprint density at radius 1 is 0.829 bits per heavy atom. The van der Waals surface area contributed by atoms with Crippen molar-refractivity contribution >= 4 is 35.1 Å². The van der Waals surface area contributed by atoms with Crippen molar-refractivity contribution in [3.63, 3.8) is 0 Å². The second-order valence-corrected chi connectivity index (χ2v) is 11.2. The number of methoxy groups -OCH3 is 1. The fraction of sp³-hybridized carbons (Fsp3) is 0.364. The number of amides is 2. The van der Waals surface area contributed by atoms with Crippen LogP contribution >= 0.6 is 11.6 Å². The molecule has 2 aliphatic rings. The standard InChI is InChI=1S/C33H36ClN3O4/c1-41-33(40)28-22-25(34)16-17-29(28)35-31(38)26-14-8-9-15-27(26)32(39)37-20-18-36(19-21-37)30(23-10-4-2-5-11-23)24-12-6-3-7-13-24/h2-7,10-13,16-17,22,26-27,30H,8-9,14-15,18-21H2,1H3,(H,35,38)/t26-,27+/m0/s1. The van der Waals surface area contributed by atoms with Gasteiger partial charge in [-0.05, 0) is 42.2 Å². The lowest BCUT2D eigenvalue weighted by molar-refractivity contribution is -0.144. The zero-order valence-corrected chi connectivity index (χ0v) is 24.1. The van der Waals surface area contributed by atoms with Crippen molar-refractivity contribution in [2.45, 2.75) is 31.7 Å². The third-order valence-corrected chi connectivity index (χ3v) is 8.52. The minimum Gasteiger partial charge on any atom is -0.465 e. The molecule has 1 heterocycles. The molecule has 1 N–H and O–H groups in total. The van der Waals surface area contributed by atoms with Gasteiger partial charge in [-0.2, -0.15) is 0 Å². The minimum absolute atomic E-state index is 0.0461. The largest absolute Gasteiger partial charge is 0.465 e. The van der Waals surface area contributed by atoms with Gasteiger partial charge in [0.2, 0.25) is 11.8 Å². The summed E-state index contributed by atoms with van der Waals surface area (Å²) in [4.78, 5) is 44.0. The van der Waals surface area contributed by atoms with Gasteiger partial charge in [0.05, 0.1) is 24.4 Å². The lowest BCUT2D eigenvalue weighted by atomic mass is 9.77. The zero-order chi connectivity index (χ0) is 28.8. The van der Waals surface area contributed by atoms with E-state index in [4.69, 9.17) is 16.3 Å². The number of carbonyl (C=O) groups is 3. The molecule has 2 atom stereocenters. The van der Waals surface area contributed by atoms with Gasteiger partial charge in [-0.3, -0.25) is 14.5 Å². The van der Waals surface area contributed by atoms with Crippen LogP contribution in [-0.4, -0.2) is 60.9 Å². The highest BCUT2D eigenvalue weighted by Crippen LogP contribution is 2.35. The third-order valence-electron chi connectivity index (χ3n) is 8.29. The van der Waals surface area contributed by atoms with Crippen LogP contribution in [0.2, 0.25) is 5.02 Å². The van der Waals surface area contributed by atoms with E-state index >= 15 is 0 Å². The molecule has 7 nitrogen and oxygen atoms in total. The Bertz CT molecular complexity index is 1320. The van der Waals surface area contributed by atoms with E-state index in [0.29, 0.717) is 36.6 Å². The van der Waals surface area contributed by atoms with Crippen LogP contribution in [-0.2, 0) is 14.3 Å². The number of hydrogen-bond donors (Lipinski definition) is 1. The molecule has 1 saturated heterocycles. The van der Waals surface area contributed by atoms with Gasteiger partial charge in [0, 0.05) is 43.0 Å². The van der Waals surface area contributed by atoms with Crippen LogP contribution < -0.4 is 5.32 Å². The van der Waals surface area contributed by atoms with Crippen molar-refractivity contribution in [1.82, 2.24) is 9.80 Å². The first-order valence-corrected chi connectivity index (χ1v) is 14.7. The highest BCUT2D eigenvalue weighted by molar-refractivity contribution is 6.31. The van der Waals surface area contributed by atoms with Crippen LogP contribution in [0.15, 0.2) is 78.9 Å². The van der Waals surface area contributed by atoms with E-state index in [2.05, 4.69) is 58.7 Å². The Labute approximate surface area is 246 Å². The average Bonchev–Trinajstić information content (AvgIpc) is 3.02. The number of rotatable bonds is 7. The van der Waals surface area contributed by atoms with Gasteiger partial charge in [-0.25, -0.2) is 4.79 Å². The van der Waals surface area contributed by atoms with E-state index in [-0.39, 0.29) is 29.3 Å². The number of esters is 1. The molecule has 2 fully saturated rings. The number of benzene rings is 3. The highest BCUT2D eigenvalue weighted by atomic mass is 35.5. The fourth-order valence-corrected chi connectivity index (χ4v) is 6.36. The van der Waals surface area contributed by atoms with E-state index < -0.39 is 11.9 Å². The summed E-state index contributed by atoms with van der Waals surface area (Å²) >= 11 is 6.08. The number of anilines is 1. The van der Waals surface area contributed by atoms with E-state index in [1.54, 1.807) is 12.1 Å². The van der Waals surface area contributed by atoms with Crippen molar-refractivity contribution < 1.29 is 19.1 Å². The molecule has 1 aliphatic heterocycles. The summed E-state index contributed by atoms with van der Waals surface area (Å²) in [5.74, 6) is -1.63. The SMILES string of the molecule is COC(=O)c1cc(Cl)ccc1NC(=O)[C@H]1CCCC[C@H]1C(=O)N1CCN(C(c2ccccc2)c2ccccc2)CC1. The van der Waals surface area contributed by atoms with Crippen LogP contribution in [0.3, 0.4) is 0 Å². The third kappa shape index (κ3) is 6.63. The van der Waals surface area contributed by atoms with Crippen LogP contribution in [0.5, 0.6) is 0 Å². The Hall–Kier alpha value is -3.68. The molecule has 0 radical (unpaired) electrons. The van der Waals surface area contributed by atoms with Crippen LogP contribution in [0.25, 0.3) is 0 Å². The van der Waals surface area contributed by atoms with E-state index in [0.717, 1.165) is 25.9 Å². The second kappa shape index (κ2) is 13.3. The molecule has 3 aromatic rings. The van der Waals surface area contributed by atoms with Crippen molar-refractivity contribution in [2.75, 3.05) is 38.6 Å². The van der Waals surface area contributed by atoms with Gasteiger partial charge >= 0.3 is 5.97 Å². The van der Waals surface area contributed by atoms with E-state index in [9.17, 15) is 14.4 Å². The molecule has 8 heteroatoms. The van der Waals surface area contributed by atoms with E-state index in [1.165, 1.54) is 24.3 Å². The summed E-state index contributed by atoms with van der Waals surface area (Å²) in [6.45, 7) is 2.72. The molecule has 1 aliphatic carbocycles. The molecule has 41 heavy (non-hydrogen) atoms. The Morgan fingerprint density at radius 3 is 2.00 bits per heavy atom. The Morgan fingerprint density at radius 2 is 1.41 bits per heavy atom. The minimum atomic E-state index is -0.582. The molecule has 0 aromatic heterocycles. The Balaban J connectivity index is 1.27. The smallest absolute Gasteiger partial charge is 0.340 e. The quantitative estimate of drug-likeness (QED) is 0.361. The van der Waals surface area contributed by atoms with Gasteiger partial charge in [0.1, 0.15) is 0 Å². The molecule has 0 bridgehead atoms. The summed E-state index contributed by atoms with van der Waals surface area (Å²) in [6, 6.07) is 25.8. The topological polar surface area (TPSA) is 78.9 Å². The number of piperazine rings is 1. The molecule has 3 aromatic carbocycles. The van der Waals surface area contributed by atoms with Crippen molar-refractivity contribution in [3.05, 3.63) is 101 Å². The van der Waals surface area contributed by atoms with Crippen molar-refractivity contribution in [2.24, 2.45) is 11.8 Å². The molecular weight excluding hydrogens is 538 g/mol. The first-order chi connectivity index (χ1) is 20.0. The normalized spacial score (nSPS) is 19.5. The number of nitrogens with one attached hydrogen (secondary N) is 1. The van der Waals surface area contributed by atoms with Gasteiger partial charge in [-0.15, -0.1) is 0 Å². The van der Waals surface area contributed by atoms with Crippen molar-refractivity contribution in [3.8, 4) is 0 Å². The summed E-state index contributed by atoms with van der Waals surface area (Å²) < 4.78 is 4.87. The summed E-state index contributed by atoms with van der Waals surface area (Å²) in [6.07, 6.45) is 3.11. The molecular formula is C33H36ClN3O4. The fourth-order valence-electron chi connectivity index (χ4n) is 6.19. The van der Waals surface area contributed by atoms with Crippen LogP contribution in [0, 0.1) is 11.8 Å². The van der Waals surface area contributed by atoms with Gasteiger partial charge in [0.15, 0.2) is 0 Å². The number of carbonyl (C=O) groups excluding carboxylic acids is 3. The number of ether oxygens (including phenoxy) is 1. The molecule has 214 valence electrons. The average molecular weight is 574 g/mol. The van der Waals surface area contributed by atoms with Crippen molar-refractivity contribution in [1.29, 1.82) is 0 Å². The van der Waals surface area contributed by atoms with Crippen LogP contribution in [0.4, 0.5) is 5.69 Å².